The van der Waals surface area contributed by atoms with Gasteiger partial charge in [0.25, 0.3) is 0 Å². The van der Waals surface area contributed by atoms with Crippen LogP contribution in [-0.4, -0.2) is 13.1 Å². The number of nitrogens with one attached hydrogen (secondary N) is 1. The molecular weight excluding hydrogens is 213 g/mol. The van der Waals surface area contributed by atoms with E-state index in [1.165, 1.54) is 0 Å². The van der Waals surface area contributed by atoms with Crippen LogP contribution in [0.2, 0.25) is 5.02 Å². The molecule has 0 saturated heterocycles. The molecule has 0 aliphatic heterocycles. The molecule has 1 nitrogen and oxygen atoms in total. The number of benzene rings is 1. The van der Waals surface area contributed by atoms with E-state index in [0.29, 0.717) is 11.6 Å². The third-order valence-corrected chi connectivity index (χ3v) is 2.90. The summed E-state index contributed by atoms with van der Waals surface area (Å²) in [7, 11) is 1.94. The fraction of sp³-hybridized carbons (Fsp3) is 0.500. The molecular formula is C12H17ClFN. The van der Waals surface area contributed by atoms with Crippen molar-refractivity contribution in [2.24, 2.45) is 0 Å². The smallest absolute Gasteiger partial charge is 0.144 e. The fourth-order valence-electron chi connectivity index (χ4n) is 1.48. The Morgan fingerprint density at radius 1 is 1.47 bits per heavy atom. The Bertz CT molecular complexity index is 314. The van der Waals surface area contributed by atoms with E-state index in [4.69, 9.17) is 11.6 Å². The summed E-state index contributed by atoms with van der Waals surface area (Å²) in [5.74, 6) is -0.267. The maximum Gasteiger partial charge on any atom is 0.144 e. The van der Waals surface area contributed by atoms with Gasteiger partial charge in [0.1, 0.15) is 5.82 Å². The first-order valence-electron chi connectivity index (χ1n) is 5.25. The molecule has 1 unspecified atom stereocenters. The van der Waals surface area contributed by atoms with E-state index in [1.54, 1.807) is 18.2 Å². The highest BCUT2D eigenvalue weighted by Crippen LogP contribution is 2.19. The van der Waals surface area contributed by atoms with E-state index in [9.17, 15) is 4.39 Å². The van der Waals surface area contributed by atoms with Crippen molar-refractivity contribution in [1.82, 2.24) is 5.32 Å². The van der Waals surface area contributed by atoms with E-state index in [0.717, 1.165) is 19.3 Å². The number of halogens is 2. The molecule has 0 bridgehead atoms. The average Bonchev–Trinajstić information content (AvgIpc) is 2.24. The summed E-state index contributed by atoms with van der Waals surface area (Å²) < 4.78 is 13.5. The Balaban J connectivity index is 2.47. The molecule has 0 aromatic heterocycles. The van der Waals surface area contributed by atoms with Crippen LogP contribution in [0.25, 0.3) is 0 Å². The van der Waals surface area contributed by atoms with Gasteiger partial charge in [-0.25, -0.2) is 4.39 Å². The van der Waals surface area contributed by atoms with Crippen LogP contribution in [0.15, 0.2) is 18.2 Å². The minimum Gasteiger partial charge on any atom is -0.317 e. The topological polar surface area (TPSA) is 12.0 Å². The first kappa shape index (κ1) is 12.5. The van der Waals surface area contributed by atoms with Crippen LogP contribution >= 0.6 is 11.6 Å². The van der Waals surface area contributed by atoms with Crippen molar-refractivity contribution in [2.75, 3.05) is 7.05 Å². The number of rotatable bonds is 5. The number of aryl methyl sites for hydroxylation is 1. The molecule has 3 heteroatoms. The van der Waals surface area contributed by atoms with E-state index < -0.39 is 0 Å². The second kappa shape index (κ2) is 6.09. The van der Waals surface area contributed by atoms with Gasteiger partial charge in [-0.15, -0.1) is 0 Å². The van der Waals surface area contributed by atoms with Gasteiger partial charge in [-0.2, -0.15) is 0 Å². The largest absolute Gasteiger partial charge is 0.317 e. The van der Waals surface area contributed by atoms with Crippen molar-refractivity contribution in [3.05, 3.63) is 34.6 Å². The Labute approximate surface area is 95.6 Å². The van der Waals surface area contributed by atoms with Crippen LogP contribution in [0.4, 0.5) is 4.39 Å². The standard InChI is InChI=1S/C12H17ClFN/c1-9(15-2)5-3-6-10-7-4-8-11(13)12(10)14/h4,7-9,15H,3,5-6H2,1-2H3. The summed E-state index contributed by atoms with van der Waals surface area (Å²) in [6.45, 7) is 2.12. The molecule has 0 aliphatic carbocycles. The van der Waals surface area contributed by atoms with Crippen LogP contribution in [0, 0.1) is 5.82 Å². The van der Waals surface area contributed by atoms with E-state index in [-0.39, 0.29) is 10.8 Å². The van der Waals surface area contributed by atoms with Crippen LogP contribution in [0.3, 0.4) is 0 Å². The highest BCUT2D eigenvalue weighted by Gasteiger charge is 2.06. The predicted octanol–water partition coefficient (Wildman–Crippen LogP) is 3.41. The lowest BCUT2D eigenvalue weighted by Gasteiger charge is -2.09. The van der Waals surface area contributed by atoms with E-state index in [2.05, 4.69) is 12.2 Å². The van der Waals surface area contributed by atoms with Crippen molar-refractivity contribution in [3.8, 4) is 0 Å². The second-order valence-corrected chi connectivity index (χ2v) is 4.20. The maximum atomic E-state index is 13.5. The molecule has 84 valence electrons. The zero-order valence-corrected chi connectivity index (χ0v) is 9.94. The summed E-state index contributed by atoms with van der Waals surface area (Å²) >= 11 is 5.70. The zero-order valence-electron chi connectivity index (χ0n) is 9.19. The van der Waals surface area contributed by atoms with E-state index in [1.807, 2.05) is 7.05 Å². The maximum absolute atomic E-state index is 13.5. The lowest BCUT2D eigenvalue weighted by molar-refractivity contribution is 0.533. The highest BCUT2D eigenvalue weighted by molar-refractivity contribution is 6.30. The predicted molar refractivity (Wildman–Crippen MR) is 62.9 cm³/mol. The third-order valence-electron chi connectivity index (χ3n) is 2.61. The van der Waals surface area contributed by atoms with Gasteiger partial charge in [-0.1, -0.05) is 23.7 Å². The molecule has 0 amide bonds. The van der Waals surface area contributed by atoms with Gasteiger partial charge in [0.2, 0.25) is 0 Å². The van der Waals surface area contributed by atoms with Crippen LogP contribution in [-0.2, 0) is 6.42 Å². The van der Waals surface area contributed by atoms with Gasteiger partial charge in [-0.05, 0) is 44.9 Å². The Hall–Kier alpha value is -0.600. The second-order valence-electron chi connectivity index (χ2n) is 3.79. The summed E-state index contributed by atoms with van der Waals surface area (Å²) in [5, 5.41) is 3.37. The minimum atomic E-state index is -0.267. The summed E-state index contributed by atoms with van der Waals surface area (Å²) in [6, 6.07) is 5.65. The molecule has 1 atom stereocenters. The van der Waals surface area contributed by atoms with Crippen LogP contribution < -0.4 is 5.32 Å². The monoisotopic (exact) mass is 229 g/mol. The molecule has 1 N–H and O–H groups in total. The molecule has 0 saturated carbocycles. The van der Waals surface area contributed by atoms with Crippen LogP contribution in [0.5, 0.6) is 0 Å². The molecule has 1 aromatic carbocycles. The average molecular weight is 230 g/mol. The fourth-order valence-corrected chi connectivity index (χ4v) is 1.68. The van der Waals surface area contributed by atoms with Gasteiger partial charge in [0, 0.05) is 6.04 Å². The molecule has 0 fully saturated rings. The highest BCUT2D eigenvalue weighted by atomic mass is 35.5. The van der Waals surface area contributed by atoms with Crippen LogP contribution in [0.1, 0.15) is 25.3 Å². The molecule has 0 spiro atoms. The molecule has 1 aromatic rings. The lowest BCUT2D eigenvalue weighted by Crippen LogP contribution is -2.20. The Kier molecular flexibility index (Phi) is 5.06. The molecule has 0 heterocycles. The summed E-state index contributed by atoms with van der Waals surface area (Å²) in [6.07, 6.45) is 2.76. The lowest BCUT2D eigenvalue weighted by atomic mass is 10.1. The summed E-state index contributed by atoms with van der Waals surface area (Å²) in [5.41, 5.74) is 0.714. The van der Waals surface area contributed by atoms with Crippen molar-refractivity contribution < 1.29 is 4.39 Å². The molecule has 1 rings (SSSR count). The number of hydrogen-bond acceptors (Lipinski definition) is 1. The quantitative estimate of drug-likeness (QED) is 0.816. The van der Waals surface area contributed by atoms with Gasteiger partial charge in [0.05, 0.1) is 5.02 Å². The summed E-state index contributed by atoms with van der Waals surface area (Å²) in [4.78, 5) is 0. The molecule has 15 heavy (non-hydrogen) atoms. The minimum absolute atomic E-state index is 0.217. The zero-order chi connectivity index (χ0) is 11.3. The first-order valence-corrected chi connectivity index (χ1v) is 5.63. The van der Waals surface area contributed by atoms with Gasteiger partial charge < -0.3 is 5.32 Å². The molecule has 0 radical (unpaired) electrons. The van der Waals surface area contributed by atoms with Gasteiger partial charge in [0.15, 0.2) is 0 Å². The van der Waals surface area contributed by atoms with Crippen molar-refractivity contribution >= 4 is 11.6 Å². The normalized spacial score (nSPS) is 12.8. The van der Waals surface area contributed by atoms with Crippen molar-refractivity contribution in [2.45, 2.75) is 32.2 Å². The van der Waals surface area contributed by atoms with Gasteiger partial charge >= 0.3 is 0 Å². The number of hydrogen-bond donors (Lipinski definition) is 1. The Morgan fingerprint density at radius 2 is 2.20 bits per heavy atom. The Morgan fingerprint density at radius 3 is 2.87 bits per heavy atom. The van der Waals surface area contributed by atoms with E-state index >= 15 is 0 Å². The van der Waals surface area contributed by atoms with Crippen molar-refractivity contribution in [1.29, 1.82) is 0 Å². The first-order chi connectivity index (χ1) is 7.15. The SMILES string of the molecule is CNC(C)CCCc1cccc(Cl)c1F. The third kappa shape index (κ3) is 3.80. The van der Waals surface area contributed by atoms with Gasteiger partial charge in [-0.3, -0.25) is 0 Å². The molecule has 0 aliphatic rings. The van der Waals surface area contributed by atoms with Crippen molar-refractivity contribution in [3.63, 3.8) is 0 Å².